The fourth-order valence-electron chi connectivity index (χ4n) is 2.66. The molecule has 1 saturated heterocycles. The Morgan fingerprint density at radius 3 is 2.48 bits per heavy atom. The van der Waals surface area contributed by atoms with E-state index in [1.165, 1.54) is 0 Å². The highest BCUT2D eigenvalue weighted by molar-refractivity contribution is 5.81. The number of nitrogens with zero attached hydrogens (tertiary/aromatic N) is 2. The molecule has 1 heterocycles. The standard InChI is InChI=1S/C18H24N2O3/c1-14-7-10-20(11-8-14)18(21)15(13-19)9-12-23-17-5-3-16(22-2)4-6-17/h3-6,14-15H,7-12H2,1-2H3. The second kappa shape index (κ2) is 8.42. The van der Waals surface area contributed by atoms with E-state index in [2.05, 4.69) is 13.0 Å². The van der Waals surface area contributed by atoms with Gasteiger partial charge >= 0.3 is 0 Å². The van der Waals surface area contributed by atoms with Crippen LogP contribution in [0.1, 0.15) is 26.2 Å². The number of hydrogen-bond donors (Lipinski definition) is 0. The first-order valence-electron chi connectivity index (χ1n) is 8.09. The van der Waals surface area contributed by atoms with Crippen LogP contribution in [0.4, 0.5) is 0 Å². The second-order valence-electron chi connectivity index (χ2n) is 6.00. The van der Waals surface area contributed by atoms with Crippen molar-refractivity contribution >= 4 is 5.91 Å². The molecule has 5 nitrogen and oxygen atoms in total. The maximum Gasteiger partial charge on any atom is 0.240 e. The predicted molar refractivity (Wildman–Crippen MR) is 87.2 cm³/mol. The van der Waals surface area contributed by atoms with Gasteiger partial charge in [-0.15, -0.1) is 0 Å². The van der Waals surface area contributed by atoms with Crippen LogP contribution < -0.4 is 9.47 Å². The van der Waals surface area contributed by atoms with Crippen LogP contribution in [0.3, 0.4) is 0 Å². The Morgan fingerprint density at radius 2 is 1.91 bits per heavy atom. The smallest absolute Gasteiger partial charge is 0.240 e. The van der Waals surface area contributed by atoms with E-state index >= 15 is 0 Å². The van der Waals surface area contributed by atoms with Crippen molar-refractivity contribution in [3.63, 3.8) is 0 Å². The van der Waals surface area contributed by atoms with Crippen molar-refractivity contribution in [3.8, 4) is 17.6 Å². The third kappa shape index (κ3) is 4.88. The molecule has 0 bridgehead atoms. The molecule has 5 heteroatoms. The fourth-order valence-corrected chi connectivity index (χ4v) is 2.66. The molecule has 0 aromatic heterocycles. The van der Waals surface area contributed by atoms with Gasteiger partial charge in [0.15, 0.2) is 0 Å². The summed E-state index contributed by atoms with van der Waals surface area (Å²) in [5.41, 5.74) is 0. The number of hydrogen-bond acceptors (Lipinski definition) is 4. The highest BCUT2D eigenvalue weighted by Gasteiger charge is 2.26. The van der Waals surface area contributed by atoms with Crippen molar-refractivity contribution in [2.45, 2.75) is 26.2 Å². The zero-order valence-electron chi connectivity index (χ0n) is 13.8. The molecular weight excluding hydrogens is 292 g/mol. The minimum absolute atomic E-state index is 0.0577. The fraction of sp³-hybridized carbons (Fsp3) is 0.556. The molecule has 124 valence electrons. The number of rotatable bonds is 6. The average Bonchev–Trinajstić information content (AvgIpc) is 2.59. The molecular formula is C18H24N2O3. The van der Waals surface area contributed by atoms with E-state index < -0.39 is 5.92 Å². The molecule has 0 N–H and O–H groups in total. The first-order chi connectivity index (χ1) is 11.1. The zero-order chi connectivity index (χ0) is 16.7. The molecule has 1 amide bonds. The molecule has 1 atom stereocenters. The first kappa shape index (κ1) is 17.1. The number of amides is 1. The molecule has 1 aliphatic rings. The highest BCUT2D eigenvalue weighted by Crippen LogP contribution is 2.20. The summed E-state index contributed by atoms with van der Waals surface area (Å²) >= 11 is 0. The van der Waals surface area contributed by atoms with Gasteiger partial charge in [-0.3, -0.25) is 4.79 Å². The lowest BCUT2D eigenvalue weighted by Gasteiger charge is -2.31. The molecule has 1 unspecified atom stereocenters. The number of nitriles is 1. The summed E-state index contributed by atoms with van der Waals surface area (Å²) in [7, 11) is 1.61. The highest BCUT2D eigenvalue weighted by atomic mass is 16.5. The molecule has 1 aromatic rings. The van der Waals surface area contributed by atoms with Crippen LogP contribution >= 0.6 is 0 Å². The van der Waals surface area contributed by atoms with Crippen LogP contribution in [0, 0.1) is 23.2 Å². The number of carbonyl (C=O) groups is 1. The van der Waals surface area contributed by atoms with E-state index in [1.807, 2.05) is 29.2 Å². The number of carbonyl (C=O) groups excluding carboxylic acids is 1. The van der Waals surface area contributed by atoms with E-state index in [1.54, 1.807) is 7.11 Å². The third-order valence-electron chi connectivity index (χ3n) is 4.28. The van der Waals surface area contributed by atoms with E-state index in [0.717, 1.165) is 31.7 Å². The van der Waals surface area contributed by atoms with Crippen LogP contribution in [0.5, 0.6) is 11.5 Å². The maximum absolute atomic E-state index is 12.4. The number of benzene rings is 1. The molecule has 1 aromatic carbocycles. The Balaban J connectivity index is 1.80. The van der Waals surface area contributed by atoms with Gasteiger partial charge in [0.05, 0.1) is 19.8 Å². The Hall–Kier alpha value is -2.22. The summed E-state index contributed by atoms with van der Waals surface area (Å²) in [6, 6.07) is 9.38. The molecule has 0 radical (unpaired) electrons. The quantitative estimate of drug-likeness (QED) is 0.809. The number of ether oxygens (including phenoxy) is 2. The second-order valence-corrected chi connectivity index (χ2v) is 6.00. The Kier molecular flexibility index (Phi) is 6.28. The van der Waals surface area contributed by atoms with Gasteiger partial charge in [-0.05, 0) is 43.0 Å². The van der Waals surface area contributed by atoms with E-state index in [9.17, 15) is 10.1 Å². The van der Waals surface area contributed by atoms with Crippen molar-refractivity contribution in [1.29, 1.82) is 5.26 Å². The van der Waals surface area contributed by atoms with Crippen LogP contribution in [0.2, 0.25) is 0 Å². The zero-order valence-corrected chi connectivity index (χ0v) is 13.8. The van der Waals surface area contributed by atoms with Crippen molar-refractivity contribution in [1.82, 2.24) is 4.90 Å². The van der Waals surface area contributed by atoms with Gasteiger partial charge in [-0.1, -0.05) is 6.92 Å². The van der Waals surface area contributed by atoms with Gasteiger partial charge in [-0.25, -0.2) is 0 Å². The molecule has 0 spiro atoms. The van der Waals surface area contributed by atoms with Crippen molar-refractivity contribution in [2.24, 2.45) is 11.8 Å². The lowest BCUT2D eigenvalue weighted by atomic mass is 9.97. The topological polar surface area (TPSA) is 62.6 Å². The summed E-state index contributed by atoms with van der Waals surface area (Å²) in [4.78, 5) is 14.2. The SMILES string of the molecule is COc1ccc(OCCC(C#N)C(=O)N2CCC(C)CC2)cc1. The van der Waals surface area contributed by atoms with Crippen LogP contribution in [0.15, 0.2) is 24.3 Å². The van der Waals surface area contributed by atoms with E-state index in [4.69, 9.17) is 9.47 Å². The molecule has 1 aliphatic heterocycles. The number of likely N-dealkylation sites (tertiary alicyclic amines) is 1. The molecule has 0 saturated carbocycles. The molecule has 2 rings (SSSR count). The summed E-state index contributed by atoms with van der Waals surface area (Å²) in [6.07, 6.45) is 2.45. The van der Waals surface area contributed by atoms with Crippen LogP contribution in [0.25, 0.3) is 0 Å². The van der Waals surface area contributed by atoms with Gasteiger partial charge in [-0.2, -0.15) is 5.26 Å². The Morgan fingerprint density at radius 1 is 1.30 bits per heavy atom. The first-order valence-corrected chi connectivity index (χ1v) is 8.09. The third-order valence-corrected chi connectivity index (χ3v) is 4.28. The lowest BCUT2D eigenvalue weighted by molar-refractivity contribution is -0.135. The van der Waals surface area contributed by atoms with Crippen molar-refractivity contribution in [2.75, 3.05) is 26.8 Å². The monoisotopic (exact) mass is 316 g/mol. The summed E-state index contributed by atoms with van der Waals surface area (Å²) in [5, 5.41) is 9.27. The number of methoxy groups -OCH3 is 1. The van der Waals surface area contributed by atoms with Gasteiger partial charge in [0.2, 0.25) is 5.91 Å². The molecule has 0 aliphatic carbocycles. The van der Waals surface area contributed by atoms with E-state index in [-0.39, 0.29) is 5.91 Å². The minimum Gasteiger partial charge on any atom is -0.497 e. The normalized spacial score (nSPS) is 16.5. The van der Waals surface area contributed by atoms with Crippen molar-refractivity contribution in [3.05, 3.63) is 24.3 Å². The van der Waals surface area contributed by atoms with E-state index in [0.29, 0.717) is 24.7 Å². The van der Waals surface area contributed by atoms with Gasteiger partial charge in [0.1, 0.15) is 17.4 Å². The molecule has 23 heavy (non-hydrogen) atoms. The average molecular weight is 316 g/mol. The summed E-state index contributed by atoms with van der Waals surface area (Å²) in [6.45, 7) is 4.07. The Bertz CT molecular complexity index is 542. The summed E-state index contributed by atoms with van der Waals surface area (Å²) < 4.78 is 10.7. The van der Waals surface area contributed by atoms with Crippen molar-refractivity contribution < 1.29 is 14.3 Å². The minimum atomic E-state index is -0.623. The van der Waals surface area contributed by atoms with Crippen LogP contribution in [-0.4, -0.2) is 37.6 Å². The largest absolute Gasteiger partial charge is 0.497 e. The Labute approximate surface area is 137 Å². The van der Waals surface area contributed by atoms with Crippen LogP contribution in [-0.2, 0) is 4.79 Å². The van der Waals surface area contributed by atoms with Gasteiger partial charge < -0.3 is 14.4 Å². The number of piperidine rings is 1. The lowest BCUT2D eigenvalue weighted by Crippen LogP contribution is -2.41. The summed E-state index contributed by atoms with van der Waals surface area (Å²) in [5.74, 6) is 1.46. The van der Waals surface area contributed by atoms with Gasteiger partial charge in [0, 0.05) is 19.5 Å². The molecule has 1 fully saturated rings. The maximum atomic E-state index is 12.4. The van der Waals surface area contributed by atoms with Gasteiger partial charge in [0.25, 0.3) is 0 Å². The predicted octanol–water partition coefficient (Wildman–Crippen LogP) is 2.86.